The minimum Gasteiger partial charge on any atom is -0.478 e. The third kappa shape index (κ3) is 5.72. The topological polar surface area (TPSA) is 98.1 Å². The molecule has 214 valence electrons. The predicted molar refractivity (Wildman–Crippen MR) is 127 cm³/mol. The second-order valence-corrected chi connectivity index (χ2v) is 9.63. The second kappa shape index (κ2) is 10.1. The predicted octanol–water partition coefficient (Wildman–Crippen LogP) is 5.13. The third-order valence-corrected chi connectivity index (χ3v) is 6.37. The molecule has 0 saturated carbocycles. The number of hydrogen-bond acceptors (Lipinski definition) is 5. The van der Waals surface area contributed by atoms with Crippen LogP contribution in [0.4, 0.5) is 36.6 Å². The van der Waals surface area contributed by atoms with Gasteiger partial charge in [0.05, 0.1) is 29.1 Å². The maximum absolute atomic E-state index is 14.6. The van der Waals surface area contributed by atoms with Crippen molar-refractivity contribution >= 4 is 17.6 Å². The Balaban J connectivity index is 1.83. The molecule has 4 rings (SSSR count). The van der Waals surface area contributed by atoms with Crippen LogP contribution >= 0.6 is 0 Å². The number of aromatic nitrogens is 3. The molecule has 2 aromatic heterocycles. The second-order valence-electron chi connectivity index (χ2n) is 9.63. The fourth-order valence-electron chi connectivity index (χ4n) is 4.02. The van der Waals surface area contributed by atoms with Crippen LogP contribution in [-0.2, 0) is 15.8 Å². The van der Waals surface area contributed by atoms with Gasteiger partial charge in [-0.2, -0.15) is 26.3 Å². The molecule has 1 aromatic carbocycles. The highest BCUT2D eigenvalue weighted by Crippen LogP contribution is 2.38. The van der Waals surface area contributed by atoms with E-state index < -0.39 is 58.5 Å². The molecule has 40 heavy (non-hydrogen) atoms. The van der Waals surface area contributed by atoms with E-state index in [1.54, 1.807) is 0 Å². The third-order valence-electron chi connectivity index (χ3n) is 6.37. The molecule has 0 aliphatic carbocycles. The van der Waals surface area contributed by atoms with Crippen LogP contribution in [0.15, 0.2) is 42.7 Å². The Hall–Kier alpha value is -4.17. The number of benzene rings is 1. The zero-order chi connectivity index (χ0) is 29.6. The lowest BCUT2D eigenvalue weighted by molar-refractivity contribution is -0.234. The molecule has 8 nitrogen and oxygen atoms in total. The maximum atomic E-state index is 14.6. The monoisotopic (exact) mass is 573 g/mol. The van der Waals surface area contributed by atoms with Crippen LogP contribution in [0.25, 0.3) is 16.9 Å². The summed E-state index contributed by atoms with van der Waals surface area (Å²) in [6.07, 6.45) is -7.96. The highest BCUT2D eigenvalue weighted by molar-refractivity contribution is 5.98. The van der Waals surface area contributed by atoms with Gasteiger partial charge in [0.25, 0.3) is 0 Å². The molecule has 1 saturated heterocycles. The van der Waals surface area contributed by atoms with E-state index in [9.17, 15) is 40.3 Å². The molecular formula is C25H22F7N5O3. The molecule has 0 bridgehead atoms. The quantitative estimate of drug-likeness (QED) is 0.399. The van der Waals surface area contributed by atoms with Crippen molar-refractivity contribution in [2.45, 2.75) is 38.7 Å². The summed E-state index contributed by atoms with van der Waals surface area (Å²) in [6, 6.07) is 4.35. The molecule has 15 heteroatoms. The summed E-state index contributed by atoms with van der Waals surface area (Å²) in [6.45, 7) is 3.01. The zero-order valence-electron chi connectivity index (χ0n) is 21.1. The number of nitrogens with zero attached hydrogens (tertiary/aromatic N) is 3. The number of alkyl halides is 6. The van der Waals surface area contributed by atoms with E-state index in [1.165, 1.54) is 6.92 Å². The molecule has 3 heterocycles. The van der Waals surface area contributed by atoms with Crippen LogP contribution in [0.2, 0.25) is 0 Å². The molecule has 2 atom stereocenters. The molecule has 1 fully saturated rings. The lowest BCUT2D eigenvalue weighted by Crippen LogP contribution is -2.44. The van der Waals surface area contributed by atoms with E-state index in [-0.39, 0.29) is 29.5 Å². The SMILES string of the molecule is C[C@H]1C(=O)NC[C@@H]1C(=O)Nc1cc(-c2cc(F)cc(OC(C)(C)C(F)(F)F)c2)n(-c2cnccc2C(F)(F)F)n1. The van der Waals surface area contributed by atoms with Gasteiger partial charge in [0.1, 0.15) is 11.6 Å². The highest BCUT2D eigenvalue weighted by atomic mass is 19.4. The van der Waals surface area contributed by atoms with E-state index in [4.69, 9.17) is 4.74 Å². The number of carbonyl (C=O) groups is 2. The first kappa shape index (κ1) is 28.8. The van der Waals surface area contributed by atoms with Crippen molar-refractivity contribution in [3.05, 3.63) is 54.1 Å². The van der Waals surface area contributed by atoms with Gasteiger partial charge >= 0.3 is 12.4 Å². The van der Waals surface area contributed by atoms with Crippen LogP contribution < -0.4 is 15.4 Å². The van der Waals surface area contributed by atoms with E-state index in [0.717, 1.165) is 49.1 Å². The average molecular weight is 573 g/mol. The number of halogens is 7. The number of ether oxygens (including phenoxy) is 1. The largest absolute Gasteiger partial charge is 0.478 e. The van der Waals surface area contributed by atoms with Crippen molar-refractivity contribution in [3.63, 3.8) is 0 Å². The Bertz CT molecular complexity index is 1450. The Morgan fingerprint density at radius 1 is 1.12 bits per heavy atom. The number of anilines is 1. The molecule has 3 aromatic rings. The average Bonchev–Trinajstić information content (AvgIpc) is 3.40. The van der Waals surface area contributed by atoms with E-state index in [2.05, 4.69) is 20.7 Å². The van der Waals surface area contributed by atoms with Gasteiger partial charge in [-0.05, 0) is 32.0 Å². The van der Waals surface area contributed by atoms with E-state index >= 15 is 0 Å². The van der Waals surface area contributed by atoms with Gasteiger partial charge in [0.2, 0.25) is 11.8 Å². The Labute approximate surface area is 222 Å². The molecule has 2 amide bonds. The molecule has 1 aliphatic rings. The maximum Gasteiger partial charge on any atom is 0.427 e. The first-order valence-corrected chi connectivity index (χ1v) is 11.7. The summed E-state index contributed by atoms with van der Waals surface area (Å²) in [4.78, 5) is 28.3. The molecule has 0 spiro atoms. The van der Waals surface area contributed by atoms with Gasteiger partial charge in [0.15, 0.2) is 11.4 Å². The standard InChI is InChI=1S/C25H22F7N5O3/c1-12-16(10-34-21(12)38)22(39)35-20-9-18(37(36-20)19-11-33-5-4-17(19)24(27,28)29)13-6-14(26)8-15(7-13)40-23(2,3)25(30,31)32/h4-9,11-12,16H,10H2,1-3H3,(H,34,38)(H,35,36,39)/t12-,16+/m1/s1. The molecule has 1 aliphatic heterocycles. The lowest BCUT2D eigenvalue weighted by atomic mass is 9.97. The van der Waals surface area contributed by atoms with Gasteiger partial charge in [-0.1, -0.05) is 6.92 Å². The van der Waals surface area contributed by atoms with Crippen molar-refractivity contribution < 1.29 is 45.1 Å². The molecule has 2 N–H and O–H groups in total. The number of carbonyl (C=O) groups excluding carboxylic acids is 2. The van der Waals surface area contributed by atoms with Gasteiger partial charge in [-0.25, -0.2) is 9.07 Å². The smallest absolute Gasteiger partial charge is 0.427 e. The first-order chi connectivity index (χ1) is 18.5. The van der Waals surface area contributed by atoms with Gasteiger partial charge in [0, 0.05) is 36.4 Å². The van der Waals surface area contributed by atoms with Crippen LogP contribution in [-0.4, -0.2) is 44.9 Å². The number of pyridine rings is 1. The van der Waals surface area contributed by atoms with Crippen LogP contribution in [0.1, 0.15) is 26.3 Å². The van der Waals surface area contributed by atoms with Crippen LogP contribution in [0.5, 0.6) is 5.75 Å². The van der Waals surface area contributed by atoms with E-state index in [0.29, 0.717) is 12.1 Å². The fourth-order valence-corrected chi connectivity index (χ4v) is 4.02. The number of nitrogens with one attached hydrogen (secondary N) is 2. The summed E-state index contributed by atoms with van der Waals surface area (Å²) in [5.41, 5.74) is -4.93. The van der Waals surface area contributed by atoms with Crippen molar-refractivity contribution in [3.8, 4) is 22.7 Å². The molecular weight excluding hydrogens is 551 g/mol. The van der Waals surface area contributed by atoms with Crippen LogP contribution in [0.3, 0.4) is 0 Å². The number of hydrogen-bond donors (Lipinski definition) is 2. The fraction of sp³-hybridized carbons (Fsp3) is 0.360. The lowest BCUT2D eigenvalue weighted by Gasteiger charge is -2.29. The van der Waals surface area contributed by atoms with Gasteiger partial charge in [-0.3, -0.25) is 14.6 Å². The first-order valence-electron chi connectivity index (χ1n) is 11.7. The summed E-state index contributed by atoms with van der Waals surface area (Å²) >= 11 is 0. The van der Waals surface area contributed by atoms with Gasteiger partial charge in [-0.15, -0.1) is 5.10 Å². The highest BCUT2D eigenvalue weighted by Gasteiger charge is 2.50. The molecule has 0 unspecified atom stereocenters. The minimum absolute atomic E-state index is 0.0276. The summed E-state index contributed by atoms with van der Waals surface area (Å²) in [5, 5.41) is 9.02. The normalized spacial score (nSPS) is 18.0. The van der Waals surface area contributed by atoms with Crippen molar-refractivity contribution in [2.75, 3.05) is 11.9 Å². The van der Waals surface area contributed by atoms with Crippen molar-refractivity contribution in [2.24, 2.45) is 11.8 Å². The summed E-state index contributed by atoms with van der Waals surface area (Å²) in [7, 11) is 0. The number of amides is 2. The minimum atomic E-state index is -4.87. The van der Waals surface area contributed by atoms with Crippen molar-refractivity contribution in [1.29, 1.82) is 0 Å². The van der Waals surface area contributed by atoms with E-state index in [1.807, 2.05) is 0 Å². The van der Waals surface area contributed by atoms with Crippen LogP contribution in [0, 0.1) is 17.7 Å². The van der Waals surface area contributed by atoms with Gasteiger partial charge < -0.3 is 15.4 Å². The Morgan fingerprint density at radius 2 is 1.82 bits per heavy atom. The Kier molecular flexibility index (Phi) is 7.28. The number of rotatable bonds is 6. The zero-order valence-corrected chi connectivity index (χ0v) is 21.1. The Morgan fingerprint density at radius 3 is 2.42 bits per heavy atom. The summed E-state index contributed by atoms with van der Waals surface area (Å²) < 4.78 is 102. The van der Waals surface area contributed by atoms with Crippen molar-refractivity contribution in [1.82, 2.24) is 20.1 Å². The molecule has 0 radical (unpaired) electrons. The summed E-state index contributed by atoms with van der Waals surface area (Å²) in [5.74, 6) is -4.35.